The Bertz CT molecular complexity index is 496. The number of hydrogen-bond acceptors (Lipinski definition) is 4. The molecule has 1 aromatic heterocycles. The van der Waals surface area contributed by atoms with Crippen LogP contribution in [0.5, 0.6) is 0 Å². The van der Waals surface area contributed by atoms with Gasteiger partial charge in [0.15, 0.2) is 0 Å². The van der Waals surface area contributed by atoms with Gasteiger partial charge in [0.25, 0.3) is 5.91 Å². The molecule has 1 atom stereocenters. The summed E-state index contributed by atoms with van der Waals surface area (Å²) in [6, 6.07) is 4.12. The van der Waals surface area contributed by atoms with Gasteiger partial charge in [-0.1, -0.05) is 6.92 Å². The Hall–Kier alpha value is -1.46. The predicted octanol–water partition coefficient (Wildman–Crippen LogP) is 1.84. The largest absolute Gasteiger partial charge is 0.375 e. The quantitative estimate of drug-likeness (QED) is 0.926. The van der Waals surface area contributed by atoms with Crippen LogP contribution >= 0.6 is 0 Å². The number of ether oxygens (including phenoxy) is 1. The van der Waals surface area contributed by atoms with Gasteiger partial charge in [-0.15, -0.1) is 0 Å². The minimum absolute atomic E-state index is 0.0277. The van der Waals surface area contributed by atoms with Gasteiger partial charge in [0.05, 0.1) is 5.60 Å². The number of rotatable bonds is 3. The van der Waals surface area contributed by atoms with Crippen LogP contribution < -0.4 is 5.32 Å². The molecular weight excluding hydrogens is 278 g/mol. The third kappa shape index (κ3) is 3.31. The van der Waals surface area contributed by atoms with Crippen molar-refractivity contribution in [3.8, 4) is 0 Å². The van der Waals surface area contributed by atoms with Crippen LogP contribution in [0.4, 0.5) is 0 Å². The van der Waals surface area contributed by atoms with Crippen molar-refractivity contribution in [1.82, 2.24) is 15.2 Å². The maximum absolute atomic E-state index is 12.5. The summed E-state index contributed by atoms with van der Waals surface area (Å²) in [6.45, 7) is 5.54. The number of carbonyl (C=O) groups excluding carboxylic acids is 1. The number of likely N-dealkylation sites (tertiary alicyclic amines) is 1. The van der Waals surface area contributed by atoms with E-state index in [2.05, 4.69) is 17.2 Å². The smallest absolute Gasteiger partial charge is 0.253 e. The number of nitrogens with zero attached hydrogens (tertiary/aromatic N) is 2. The number of piperidine rings is 1. The summed E-state index contributed by atoms with van der Waals surface area (Å²) in [6.07, 6.45) is 7.37. The molecule has 22 heavy (non-hydrogen) atoms. The summed E-state index contributed by atoms with van der Waals surface area (Å²) in [5.41, 5.74) is 0.696. The van der Waals surface area contributed by atoms with E-state index in [1.54, 1.807) is 24.5 Å². The first-order chi connectivity index (χ1) is 10.7. The molecule has 1 spiro atoms. The molecule has 2 fully saturated rings. The van der Waals surface area contributed by atoms with Crippen molar-refractivity contribution in [2.24, 2.45) is 0 Å². The van der Waals surface area contributed by atoms with E-state index in [0.717, 1.165) is 57.5 Å². The van der Waals surface area contributed by atoms with Crippen LogP contribution in [0.1, 0.15) is 43.0 Å². The van der Waals surface area contributed by atoms with E-state index in [4.69, 9.17) is 4.74 Å². The van der Waals surface area contributed by atoms with Gasteiger partial charge in [0.2, 0.25) is 0 Å². The Morgan fingerprint density at radius 2 is 2.14 bits per heavy atom. The lowest BCUT2D eigenvalue weighted by Gasteiger charge is -2.46. The molecule has 3 heterocycles. The van der Waals surface area contributed by atoms with Gasteiger partial charge in [-0.3, -0.25) is 9.78 Å². The SMILES string of the molecule is CCN[C@H]1CCOC2(CCN(C(=O)c3ccncc3)CC2)C1. The highest BCUT2D eigenvalue weighted by molar-refractivity contribution is 5.94. The van der Waals surface area contributed by atoms with Crippen molar-refractivity contribution in [2.75, 3.05) is 26.2 Å². The van der Waals surface area contributed by atoms with Crippen LogP contribution in [0.3, 0.4) is 0 Å². The minimum atomic E-state index is -0.0277. The fourth-order valence-electron chi connectivity index (χ4n) is 3.63. The molecular formula is C17H25N3O2. The number of amides is 1. The third-order valence-electron chi connectivity index (χ3n) is 4.87. The van der Waals surface area contributed by atoms with Crippen LogP contribution in [0, 0.1) is 0 Å². The van der Waals surface area contributed by atoms with Crippen LogP contribution in [-0.4, -0.2) is 53.7 Å². The second kappa shape index (κ2) is 6.75. The lowest BCUT2D eigenvalue weighted by atomic mass is 9.82. The number of pyridine rings is 1. The number of nitrogens with one attached hydrogen (secondary N) is 1. The van der Waals surface area contributed by atoms with E-state index >= 15 is 0 Å². The zero-order valence-electron chi connectivity index (χ0n) is 13.3. The lowest BCUT2D eigenvalue weighted by molar-refractivity contribution is -0.115. The maximum atomic E-state index is 12.5. The van der Waals surface area contributed by atoms with Crippen LogP contribution in [0.2, 0.25) is 0 Å². The van der Waals surface area contributed by atoms with Gasteiger partial charge in [-0.05, 0) is 44.4 Å². The molecule has 0 aliphatic carbocycles. The monoisotopic (exact) mass is 303 g/mol. The van der Waals surface area contributed by atoms with Gasteiger partial charge in [0.1, 0.15) is 0 Å². The first kappa shape index (κ1) is 15.4. The Kier molecular flexibility index (Phi) is 4.74. The molecule has 0 saturated carbocycles. The Balaban J connectivity index is 1.59. The van der Waals surface area contributed by atoms with E-state index in [0.29, 0.717) is 6.04 Å². The minimum Gasteiger partial charge on any atom is -0.375 e. The van der Waals surface area contributed by atoms with Crippen molar-refractivity contribution in [1.29, 1.82) is 0 Å². The van der Waals surface area contributed by atoms with E-state index < -0.39 is 0 Å². The van der Waals surface area contributed by atoms with Crippen LogP contribution in [0.15, 0.2) is 24.5 Å². The van der Waals surface area contributed by atoms with Gasteiger partial charge in [0, 0.05) is 43.7 Å². The fraction of sp³-hybridized carbons (Fsp3) is 0.647. The highest BCUT2D eigenvalue weighted by atomic mass is 16.5. The summed E-state index contributed by atoms with van der Waals surface area (Å²) in [5.74, 6) is 0.108. The van der Waals surface area contributed by atoms with E-state index in [1.807, 2.05) is 4.90 Å². The number of hydrogen-bond donors (Lipinski definition) is 1. The number of carbonyl (C=O) groups is 1. The average molecular weight is 303 g/mol. The summed E-state index contributed by atoms with van der Waals surface area (Å²) in [7, 11) is 0. The highest BCUT2D eigenvalue weighted by Gasteiger charge is 2.41. The first-order valence-electron chi connectivity index (χ1n) is 8.29. The molecule has 5 heteroatoms. The van der Waals surface area contributed by atoms with Crippen molar-refractivity contribution >= 4 is 5.91 Å². The Labute approximate surface area is 132 Å². The molecule has 2 saturated heterocycles. The molecule has 0 radical (unpaired) electrons. The molecule has 1 amide bonds. The molecule has 2 aliphatic rings. The van der Waals surface area contributed by atoms with Crippen molar-refractivity contribution < 1.29 is 9.53 Å². The Morgan fingerprint density at radius 3 is 2.82 bits per heavy atom. The average Bonchev–Trinajstić information content (AvgIpc) is 2.56. The summed E-state index contributed by atoms with van der Waals surface area (Å²) >= 11 is 0. The molecule has 5 nitrogen and oxygen atoms in total. The number of aromatic nitrogens is 1. The van der Waals surface area contributed by atoms with E-state index in [1.165, 1.54) is 0 Å². The maximum Gasteiger partial charge on any atom is 0.253 e. The van der Waals surface area contributed by atoms with Crippen molar-refractivity contribution in [3.63, 3.8) is 0 Å². The molecule has 0 aromatic carbocycles. The highest BCUT2D eigenvalue weighted by Crippen LogP contribution is 2.35. The fourth-order valence-corrected chi connectivity index (χ4v) is 3.63. The standard InChI is InChI=1S/C17H25N3O2/c1-2-19-15-5-12-22-17(13-15)6-10-20(11-7-17)16(21)14-3-8-18-9-4-14/h3-4,8-9,15,19H,2,5-7,10-13H2,1H3/t15-/m0/s1. The van der Waals surface area contributed by atoms with Gasteiger partial charge < -0.3 is 15.0 Å². The van der Waals surface area contributed by atoms with Crippen LogP contribution in [0.25, 0.3) is 0 Å². The first-order valence-corrected chi connectivity index (χ1v) is 8.29. The second-order valence-electron chi connectivity index (χ2n) is 6.31. The van der Waals surface area contributed by atoms with E-state index in [-0.39, 0.29) is 11.5 Å². The van der Waals surface area contributed by atoms with Gasteiger partial charge >= 0.3 is 0 Å². The molecule has 0 bridgehead atoms. The van der Waals surface area contributed by atoms with Crippen molar-refractivity contribution in [2.45, 2.75) is 44.2 Å². The molecule has 0 unspecified atom stereocenters. The molecule has 1 N–H and O–H groups in total. The van der Waals surface area contributed by atoms with Gasteiger partial charge in [-0.25, -0.2) is 0 Å². The summed E-state index contributed by atoms with van der Waals surface area (Å²) in [5, 5.41) is 3.55. The van der Waals surface area contributed by atoms with Crippen LogP contribution in [-0.2, 0) is 4.74 Å². The predicted molar refractivity (Wildman–Crippen MR) is 84.8 cm³/mol. The second-order valence-corrected chi connectivity index (χ2v) is 6.31. The topological polar surface area (TPSA) is 54.5 Å². The van der Waals surface area contributed by atoms with Gasteiger partial charge in [-0.2, -0.15) is 0 Å². The van der Waals surface area contributed by atoms with Crippen molar-refractivity contribution in [3.05, 3.63) is 30.1 Å². The molecule has 120 valence electrons. The molecule has 1 aromatic rings. The Morgan fingerprint density at radius 1 is 1.41 bits per heavy atom. The third-order valence-corrected chi connectivity index (χ3v) is 4.87. The summed E-state index contributed by atoms with van der Waals surface area (Å²) in [4.78, 5) is 18.4. The molecule has 3 rings (SSSR count). The summed E-state index contributed by atoms with van der Waals surface area (Å²) < 4.78 is 6.13. The molecule has 2 aliphatic heterocycles. The van der Waals surface area contributed by atoms with E-state index in [9.17, 15) is 4.79 Å². The normalized spacial score (nSPS) is 24.4. The lowest BCUT2D eigenvalue weighted by Crippen LogP contribution is -2.53. The zero-order chi connectivity index (χ0) is 15.4. The zero-order valence-corrected chi connectivity index (χ0v) is 13.3.